The molecule has 0 radical (unpaired) electrons. The van der Waals surface area contributed by atoms with E-state index in [0.717, 1.165) is 0 Å². The van der Waals surface area contributed by atoms with Crippen LogP contribution in [0.1, 0.15) is 0 Å². The number of hydrogen-bond acceptors (Lipinski definition) is 6. The lowest BCUT2D eigenvalue weighted by atomic mass is 10.3. The van der Waals surface area contributed by atoms with Crippen molar-refractivity contribution in [1.29, 1.82) is 0 Å². The summed E-state index contributed by atoms with van der Waals surface area (Å²) in [7, 11) is -3.41. The minimum atomic E-state index is -3.93. The second kappa shape index (κ2) is 7.30. The van der Waals surface area contributed by atoms with Crippen LogP contribution in [0.2, 0.25) is 0 Å². The van der Waals surface area contributed by atoms with Crippen LogP contribution in [0.15, 0.2) is 52.3 Å². The van der Waals surface area contributed by atoms with Gasteiger partial charge in [0.25, 0.3) is 10.0 Å². The molecule has 10 heteroatoms. The van der Waals surface area contributed by atoms with E-state index in [-0.39, 0.29) is 21.2 Å². The topological polar surface area (TPSA) is 111 Å². The molecule has 8 nitrogen and oxygen atoms in total. The van der Waals surface area contributed by atoms with Crippen molar-refractivity contribution in [2.24, 2.45) is 0 Å². The largest absolute Gasteiger partial charge is 0.497 e. The molecule has 0 spiro atoms. The van der Waals surface area contributed by atoms with Gasteiger partial charge in [-0.2, -0.15) is 0 Å². The Balaban J connectivity index is 2.33. The van der Waals surface area contributed by atoms with Gasteiger partial charge < -0.3 is 9.47 Å². The highest BCUT2D eigenvalue weighted by molar-refractivity contribution is 7.92. The molecule has 0 amide bonds. The van der Waals surface area contributed by atoms with Gasteiger partial charge in [-0.15, -0.1) is 0 Å². The predicted octanol–water partition coefficient (Wildman–Crippen LogP) is 1.41. The highest BCUT2D eigenvalue weighted by atomic mass is 32.2. The van der Waals surface area contributed by atoms with Crippen LogP contribution >= 0.6 is 0 Å². The van der Waals surface area contributed by atoms with Gasteiger partial charge in [0, 0.05) is 11.8 Å². The lowest BCUT2D eigenvalue weighted by molar-refractivity contribution is 0.386. The number of sulfonamides is 2. The van der Waals surface area contributed by atoms with E-state index >= 15 is 0 Å². The van der Waals surface area contributed by atoms with E-state index in [9.17, 15) is 16.8 Å². The van der Waals surface area contributed by atoms with E-state index in [1.54, 1.807) is 0 Å². The summed E-state index contributed by atoms with van der Waals surface area (Å²) in [5.74, 6) is 0.582. The van der Waals surface area contributed by atoms with E-state index in [0.29, 0.717) is 5.75 Å². The van der Waals surface area contributed by atoms with Crippen LogP contribution in [0.5, 0.6) is 11.5 Å². The lowest BCUT2D eigenvalue weighted by Crippen LogP contribution is -2.18. The maximum atomic E-state index is 12.6. The second-order valence-corrected chi connectivity index (χ2v) is 8.39. The quantitative estimate of drug-likeness (QED) is 0.744. The highest BCUT2D eigenvalue weighted by Crippen LogP contribution is 2.29. The van der Waals surface area contributed by atoms with Crippen molar-refractivity contribution >= 4 is 25.7 Å². The molecule has 2 aromatic carbocycles. The summed E-state index contributed by atoms with van der Waals surface area (Å²) < 4.78 is 63.2. The van der Waals surface area contributed by atoms with Gasteiger partial charge in [0.2, 0.25) is 10.0 Å². The van der Waals surface area contributed by atoms with Gasteiger partial charge >= 0.3 is 0 Å². The Bertz CT molecular complexity index is 954. The summed E-state index contributed by atoms with van der Waals surface area (Å²) in [5, 5.41) is 0. The molecule has 2 rings (SSSR count). The normalized spacial score (nSPS) is 11.8. The molecule has 0 saturated carbocycles. The Morgan fingerprint density at radius 2 is 1.48 bits per heavy atom. The third-order valence-electron chi connectivity index (χ3n) is 3.35. The maximum absolute atomic E-state index is 12.6. The Morgan fingerprint density at radius 3 is 2.00 bits per heavy atom. The molecule has 25 heavy (non-hydrogen) atoms. The molecule has 2 aromatic rings. The molecule has 0 aromatic heterocycles. The van der Waals surface area contributed by atoms with E-state index in [2.05, 4.69) is 9.44 Å². The SMILES string of the molecule is CNS(=O)(=O)c1ccc(NS(=O)(=O)c2ccc(OC)cc2OC)cc1. The number of rotatable bonds is 7. The van der Waals surface area contributed by atoms with E-state index in [1.165, 1.54) is 63.7 Å². The minimum absolute atomic E-state index is 0.0278. The molecular formula is C15H18N2O6S2. The molecule has 0 atom stereocenters. The van der Waals surface area contributed by atoms with Gasteiger partial charge in [0.05, 0.1) is 19.1 Å². The Kier molecular flexibility index (Phi) is 5.55. The zero-order valence-corrected chi connectivity index (χ0v) is 15.4. The summed E-state index contributed by atoms with van der Waals surface area (Å²) in [6.07, 6.45) is 0. The van der Waals surface area contributed by atoms with E-state index in [1.807, 2.05) is 0 Å². The number of benzene rings is 2. The average Bonchev–Trinajstić information content (AvgIpc) is 2.61. The van der Waals surface area contributed by atoms with Crippen LogP contribution in [-0.4, -0.2) is 38.1 Å². The van der Waals surface area contributed by atoms with Crippen molar-refractivity contribution in [1.82, 2.24) is 4.72 Å². The van der Waals surface area contributed by atoms with Crippen molar-refractivity contribution in [3.8, 4) is 11.5 Å². The summed E-state index contributed by atoms with van der Waals surface area (Å²) in [4.78, 5) is -0.0392. The average molecular weight is 386 g/mol. The van der Waals surface area contributed by atoms with Crippen molar-refractivity contribution in [2.45, 2.75) is 9.79 Å². The molecule has 136 valence electrons. The molecule has 0 saturated heterocycles. The van der Waals surface area contributed by atoms with E-state index < -0.39 is 20.0 Å². The van der Waals surface area contributed by atoms with Crippen LogP contribution in [0.3, 0.4) is 0 Å². The number of ether oxygens (including phenoxy) is 2. The zero-order valence-electron chi connectivity index (χ0n) is 13.8. The number of anilines is 1. The van der Waals surface area contributed by atoms with Crippen molar-refractivity contribution in [3.63, 3.8) is 0 Å². The third-order valence-corrected chi connectivity index (χ3v) is 6.20. The van der Waals surface area contributed by atoms with Gasteiger partial charge in [-0.3, -0.25) is 4.72 Å². The van der Waals surface area contributed by atoms with E-state index in [4.69, 9.17) is 9.47 Å². The first-order valence-electron chi connectivity index (χ1n) is 7.02. The number of methoxy groups -OCH3 is 2. The third kappa shape index (κ3) is 4.21. The molecule has 0 bridgehead atoms. The molecule has 0 aliphatic carbocycles. The molecular weight excluding hydrogens is 368 g/mol. The molecule has 2 N–H and O–H groups in total. The number of nitrogens with one attached hydrogen (secondary N) is 2. The summed E-state index contributed by atoms with van der Waals surface area (Å²) in [6, 6.07) is 9.64. The predicted molar refractivity (Wildman–Crippen MR) is 93.0 cm³/mol. The van der Waals surface area contributed by atoms with Crippen LogP contribution in [0.25, 0.3) is 0 Å². The van der Waals surface area contributed by atoms with Gasteiger partial charge in [0.1, 0.15) is 16.4 Å². The van der Waals surface area contributed by atoms with Crippen molar-refractivity contribution < 1.29 is 26.3 Å². The standard InChI is InChI=1S/C15H18N2O6S2/c1-16-24(18,19)13-7-4-11(5-8-13)17-25(20,21)15-9-6-12(22-2)10-14(15)23-3/h4-10,16-17H,1-3H3. The summed E-state index contributed by atoms with van der Waals surface area (Å²) >= 11 is 0. The first-order chi connectivity index (χ1) is 11.7. The van der Waals surface area contributed by atoms with Crippen LogP contribution < -0.4 is 18.9 Å². The second-order valence-electron chi connectivity index (χ2n) is 4.85. The number of hydrogen-bond donors (Lipinski definition) is 2. The Labute approximate surface area is 146 Å². The first-order valence-corrected chi connectivity index (χ1v) is 9.98. The monoisotopic (exact) mass is 386 g/mol. The fourth-order valence-electron chi connectivity index (χ4n) is 2.03. The Morgan fingerprint density at radius 1 is 0.840 bits per heavy atom. The summed E-state index contributed by atoms with van der Waals surface area (Å²) in [6.45, 7) is 0. The van der Waals surface area contributed by atoms with Gasteiger partial charge in [0.15, 0.2) is 0 Å². The first kappa shape index (κ1) is 19.0. The van der Waals surface area contributed by atoms with Crippen LogP contribution in [0.4, 0.5) is 5.69 Å². The smallest absolute Gasteiger partial charge is 0.265 e. The molecule has 0 fully saturated rings. The highest BCUT2D eigenvalue weighted by Gasteiger charge is 2.21. The summed E-state index contributed by atoms with van der Waals surface area (Å²) in [5.41, 5.74) is 0.216. The fourth-order valence-corrected chi connectivity index (χ4v) is 3.97. The van der Waals surface area contributed by atoms with Crippen molar-refractivity contribution in [3.05, 3.63) is 42.5 Å². The van der Waals surface area contributed by atoms with Gasteiger partial charge in [-0.05, 0) is 43.4 Å². The minimum Gasteiger partial charge on any atom is -0.497 e. The molecule has 0 aliphatic heterocycles. The van der Waals surface area contributed by atoms with Gasteiger partial charge in [-0.1, -0.05) is 0 Å². The Hall–Kier alpha value is -2.30. The van der Waals surface area contributed by atoms with Crippen LogP contribution in [0, 0.1) is 0 Å². The molecule has 0 heterocycles. The van der Waals surface area contributed by atoms with Crippen LogP contribution in [-0.2, 0) is 20.0 Å². The zero-order chi connectivity index (χ0) is 18.7. The molecule has 0 unspecified atom stereocenters. The maximum Gasteiger partial charge on any atom is 0.265 e. The lowest BCUT2D eigenvalue weighted by Gasteiger charge is -2.13. The fraction of sp³-hybridized carbons (Fsp3) is 0.200. The van der Waals surface area contributed by atoms with Gasteiger partial charge in [-0.25, -0.2) is 21.6 Å². The van der Waals surface area contributed by atoms with Crippen molar-refractivity contribution in [2.75, 3.05) is 26.0 Å². The molecule has 0 aliphatic rings.